The van der Waals surface area contributed by atoms with Crippen molar-refractivity contribution >= 4 is 19.4 Å². The number of halogens is 3. The molecule has 0 aliphatic heterocycles. The Morgan fingerprint density at radius 1 is 0.537 bits per heavy atom. The molecule has 0 aliphatic carbocycles. The average Bonchev–Trinajstić information content (AvgIpc) is 2.90. The molecule has 0 aliphatic rings. The molecule has 0 aromatic heterocycles. The van der Waals surface area contributed by atoms with Crippen LogP contribution in [0.2, 0.25) is 0 Å². The molecule has 0 amide bonds. The molecular weight excluding hydrogens is 564 g/mol. The third kappa shape index (κ3) is 26.3. The summed E-state index contributed by atoms with van der Waals surface area (Å²) in [6, 6.07) is 0. The van der Waals surface area contributed by atoms with E-state index in [1.54, 1.807) is 0 Å². The minimum Gasteiger partial charge on any atom is -0.279 e. The van der Waals surface area contributed by atoms with Crippen LogP contribution < -0.4 is 0 Å². The van der Waals surface area contributed by atoms with Crippen molar-refractivity contribution in [2.24, 2.45) is 5.92 Å². The Bertz CT molecular complexity index is 645. The Hall–Kier alpha value is 0.130. The van der Waals surface area contributed by atoms with Crippen LogP contribution in [0.5, 0.6) is 0 Å². The lowest BCUT2D eigenvalue weighted by Gasteiger charge is -2.39. The molecule has 2 atom stereocenters. The zero-order valence-electron chi connectivity index (χ0n) is 27.3. The number of hydrogen-bond donors (Lipinski definition) is 1. The summed E-state index contributed by atoms with van der Waals surface area (Å²) in [6.45, 7) is 9.36. The number of hydrogen-bond acceptors (Lipinski definition) is 2. The molecule has 3 nitrogen and oxygen atoms in total. The van der Waals surface area contributed by atoms with Crippen LogP contribution in [0.15, 0.2) is 0 Å². The molecular formula is C33H68F3O3PS. The molecule has 0 bridgehead atoms. The Labute approximate surface area is 256 Å². The molecule has 0 fully saturated rings. The molecule has 1 N–H and O–H groups in total. The van der Waals surface area contributed by atoms with Gasteiger partial charge in [-0.05, 0) is 36.8 Å². The van der Waals surface area contributed by atoms with E-state index in [2.05, 4.69) is 36.9 Å². The first-order valence-corrected chi connectivity index (χ1v) is 19.2. The standard InChI is InChI=1S/C32H67P.CHF3O3S/c1-5-9-13-17-18-19-20-21-22-24-28-31(27-23-14-10-6-2)32(33,29-25-15-11-7-3)30-26-16-12-8-4;2-1(3,4)8(5,6)7/h31H,5-30,33H2,1-4H3;(H,5,6,7). The largest absolute Gasteiger partial charge is 0.522 e. The smallest absolute Gasteiger partial charge is 0.279 e. The summed E-state index contributed by atoms with van der Waals surface area (Å²) in [5.74, 6) is 0.941. The summed E-state index contributed by atoms with van der Waals surface area (Å²) >= 11 is 0. The molecule has 0 radical (unpaired) electrons. The van der Waals surface area contributed by atoms with Crippen LogP contribution >= 0.6 is 9.24 Å². The highest BCUT2D eigenvalue weighted by molar-refractivity contribution is 7.86. The van der Waals surface area contributed by atoms with Crippen LogP contribution in [0.3, 0.4) is 0 Å². The van der Waals surface area contributed by atoms with Crippen molar-refractivity contribution in [2.75, 3.05) is 0 Å². The molecule has 0 heterocycles. The second kappa shape index (κ2) is 27.7. The summed E-state index contributed by atoms with van der Waals surface area (Å²) in [5.41, 5.74) is -5.53. The Morgan fingerprint density at radius 2 is 0.780 bits per heavy atom. The van der Waals surface area contributed by atoms with Crippen LogP contribution in [0.4, 0.5) is 13.2 Å². The maximum absolute atomic E-state index is 10.7. The van der Waals surface area contributed by atoms with E-state index in [0.717, 1.165) is 5.92 Å². The quantitative estimate of drug-likeness (QED) is 0.0424. The van der Waals surface area contributed by atoms with Gasteiger partial charge in [0.05, 0.1) is 0 Å². The van der Waals surface area contributed by atoms with Crippen molar-refractivity contribution in [3.05, 3.63) is 0 Å². The topological polar surface area (TPSA) is 54.4 Å². The third-order valence-electron chi connectivity index (χ3n) is 8.41. The molecule has 0 saturated carbocycles. The van der Waals surface area contributed by atoms with E-state index in [1.807, 2.05) is 0 Å². The first-order chi connectivity index (χ1) is 19.4. The van der Waals surface area contributed by atoms with Gasteiger partial charge in [-0.15, -0.1) is 9.24 Å². The highest BCUT2D eigenvalue weighted by atomic mass is 32.2. The van der Waals surface area contributed by atoms with E-state index in [4.69, 9.17) is 13.0 Å². The summed E-state index contributed by atoms with van der Waals surface area (Å²) in [6.07, 6.45) is 37.6. The number of rotatable bonds is 27. The second-order valence-electron chi connectivity index (χ2n) is 12.3. The van der Waals surface area contributed by atoms with Gasteiger partial charge in [0.15, 0.2) is 0 Å². The number of alkyl halides is 3. The fourth-order valence-electron chi connectivity index (χ4n) is 5.71. The molecule has 0 spiro atoms. The van der Waals surface area contributed by atoms with E-state index in [-0.39, 0.29) is 0 Å². The Kier molecular flexibility index (Phi) is 29.2. The maximum Gasteiger partial charge on any atom is 0.522 e. The van der Waals surface area contributed by atoms with Gasteiger partial charge in [0.2, 0.25) is 0 Å². The van der Waals surface area contributed by atoms with Gasteiger partial charge < -0.3 is 0 Å². The van der Waals surface area contributed by atoms with Gasteiger partial charge in [0.1, 0.15) is 0 Å². The van der Waals surface area contributed by atoms with E-state index in [0.29, 0.717) is 5.16 Å². The van der Waals surface area contributed by atoms with Crippen LogP contribution in [-0.4, -0.2) is 23.6 Å². The molecule has 41 heavy (non-hydrogen) atoms. The van der Waals surface area contributed by atoms with Gasteiger partial charge in [0.25, 0.3) is 0 Å². The van der Waals surface area contributed by atoms with Crippen molar-refractivity contribution in [2.45, 2.75) is 205 Å². The van der Waals surface area contributed by atoms with E-state index >= 15 is 0 Å². The van der Waals surface area contributed by atoms with Crippen molar-refractivity contribution in [3.63, 3.8) is 0 Å². The molecule has 0 saturated heterocycles. The van der Waals surface area contributed by atoms with Crippen molar-refractivity contribution in [1.82, 2.24) is 0 Å². The zero-order valence-corrected chi connectivity index (χ0v) is 29.3. The highest BCUT2D eigenvalue weighted by Crippen LogP contribution is 2.44. The lowest BCUT2D eigenvalue weighted by Crippen LogP contribution is -2.32. The van der Waals surface area contributed by atoms with Crippen LogP contribution in [0, 0.1) is 5.92 Å². The van der Waals surface area contributed by atoms with Crippen LogP contribution in [0.1, 0.15) is 195 Å². The van der Waals surface area contributed by atoms with E-state index < -0.39 is 15.6 Å². The fraction of sp³-hybridized carbons (Fsp3) is 1.00. The van der Waals surface area contributed by atoms with Crippen molar-refractivity contribution in [1.29, 1.82) is 0 Å². The van der Waals surface area contributed by atoms with Crippen LogP contribution in [0.25, 0.3) is 0 Å². The minimum atomic E-state index is -5.84. The van der Waals surface area contributed by atoms with Gasteiger partial charge in [-0.25, -0.2) is 0 Å². The monoisotopic (exact) mass is 632 g/mol. The number of unbranched alkanes of at least 4 members (excludes halogenated alkanes) is 18. The third-order valence-corrected chi connectivity index (χ3v) is 10.0. The highest BCUT2D eigenvalue weighted by Gasteiger charge is 2.44. The van der Waals surface area contributed by atoms with Gasteiger partial charge in [-0.1, -0.05) is 169 Å². The van der Waals surface area contributed by atoms with E-state index in [9.17, 15) is 13.2 Å². The fourth-order valence-corrected chi connectivity index (χ4v) is 6.45. The van der Waals surface area contributed by atoms with Crippen molar-refractivity contribution < 1.29 is 26.1 Å². The van der Waals surface area contributed by atoms with Crippen molar-refractivity contribution in [3.8, 4) is 0 Å². The SMILES string of the molecule is CCCCCCCCCCCCC(CCCCCC)C(P)(CCCCCC)CCCCCC.O=S(=O)(O)C(F)(F)F. The molecule has 250 valence electrons. The lowest BCUT2D eigenvalue weighted by molar-refractivity contribution is -0.0510. The predicted octanol–water partition coefficient (Wildman–Crippen LogP) is 12.8. The van der Waals surface area contributed by atoms with Gasteiger partial charge in [-0.3, -0.25) is 4.55 Å². The first-order valence-electron chi connectivity index (χ1n) is 17.2. The minimum absolute atomic E-state index is 0.521. The first kappa shape index (κ1) is 43.3. The Morgan fingerprint density at radius 3 is 1.07 bits per heavy atom. The van der Waals surface area contributed by atoms with Crippen LogP contribution in [-0.2, 0) is 10.1 Å². The summed E-state index contributed by atoms with van der Waals surface area (Å²) in [7, 11) is -2.35. The van der Waals surface area contributed by atoms with E-state index in [1.165, 1.54) is 167 Å². The summed E-state index contributed by atoms with van der Waals surface area (Å²) in [5, 5.41) is 0.521. The average molecular weight is 633 g/mol. The normalized spacial score (nSPS) is 13.2. The molecule has 0 aromatic rings. The molecule has 0 rings (SSSR count). The maximum atomic E-state index is 10.7. The lowest BCUT2D eigenvalue weighted by atomic mass is 9.77. The van der Waals surface area contributed by atoms with Gasteiger partial charge >= 0.3 is 15.6 Å². The Balaban J connectivity index is 0. The molecule has 2 unspecified atom stereocenters. The summed E-state index contributed by atoms with van der Waals surface area (Å²) < 4.78 is 57.5. The molecule has 0 aromatic carbocycles. The predicted molar refractivity (Wildman–Crippen MR) is 176 cm³/mol. The van der Waals surface area contributed by atoms with Gasteiger partial charge in [-0.2, -0.15) is 21.6 Å². The summed E-state index contributed by atoms with van der Waals surface area (Å²) in [4.78, 5) is 0. The molecule has 8 heteroatoms. The second-order valence-corrected chi connectivity index (χ2v) is 14.9. The zero-order chi connectivity index (χ0) is 31.5. The van der Waals surface area contributed by atoms with Gasteiger partial charge in [0, 0.05) is 0 Å².